The number of esters is 1. The summed E-state index contributed by atoms with van der Waals surface area (Å²) in [5, 5.41) is 0.341. The number of hydrogen-bond acceptors (Lipinski definition) is 7. The number of rotatable bonds is 6. The molecule has 0 aliphatic carbocycles. The number of Topliss-reactive ketones (excluding diaryl/α,β-unsaturated/α-hetero) is 1. The van der Waals surface area contributed by atoms with Crippen LogP contribution in [0.15, 0.2) is 29.3 Å². The van der Waals surface area contributed by atoms with E-state index in [1.54, 1.807) is 13.0 Å². The van der Waals surface area contributed by atoms with Crippen molar-refractivity contribution in [2.75, 3.05) is 4.72 Å². The highest BCUT2D eigenvalue weighted by Crippen LogP contribution is 2.29. The van der Waals surface area contributed by atoms with Crippen molar-refractivity contribution >= 4 is 49.8 Å². The lowest BCUT2D eigenvalue weighted by molar-refractivity contribution is -0.146. The quantitative estimate of drug-likeness (QED) is 0.603. The molecule has 0 unspecified atom stereocenters. The largest absolute Gasteiger partial charge is 0.408 e. The number of ether oxygens (including phenoxy) is 1. The summed E-state index contributed by atoms with van der Waals surface area (Å²) in [6.07, 6.45) is 1.18. The summed E-state index contributed by atoms with van der Waals surface area (Å²) in [7, 11) is -3.90. The van der Waals surface area contributed by atoms with Gasteiger partial charge in [-0.25, -0.2) is 18.2 Å². The van der Waals surface area contributed by atoms with Crippen LogP contribution in [0.1, 0.15) is 18.9 Å². The minimum absolute atomic E-state index is 0.00104. The normalized spacial score (nSPS) is 11.1. The van der Waals surface area contributed by atoms with Gasteiger partial charge >= 0.3 is 5.97 Å². The molecule has 0 fully saturated rings. The summed E-state index contributed by atoms with van der Waals surface area (Å²) >= 11 is 6.72. The molecule has 0 atom stereocenters. The van der Waals surface area contributed by atoms with Gasteiger partial charge in [-0.2, -0.15) is 0 Å². The summed E-state index contributed by atoms with van der Waals surface area (Å²) in [5.74, 6) is -1.69. The van der Waals surface area contributed by atoms with Crippen LogP contribution in [0.4, 0.5) is 5.13 Å². The van der Waals surface area contributed by atoms with E-state index in [-0.39, 0.29) is 21.5 Å². The Kier molecular flexibility index (Phi) is 5.58. The molecule has 7 nitrogen and oxygen atoms in total. The highest BCUT2D eigenvalue weighted by molar-refractivity contribution is 7.93. The molecule has 2 rings (SSSR count). The summed E-state index contributed by atoms with van der Waals surface area (Å²) in [6, 6.07) is 4.52. The topological polar surface area (TPSA) is 102 Å². The van der Waals surface area contributed by atoms with Gasteiger partial charge < -0.3 is 4.74 Å². The first kappa shape index (κ1) is 18.4. The number of nitrogens with one attached hydrogen (secondary N) is 1. The number of benzene rings is 1. The van der Waals surface area contributed by atoms with Crippen LogP contribution in [-0.2, 0) is 19.6 Å². The van der Waals surface area contributed by atoms with E-state index in [1.807, 2.05) is 0 Å². The molecular weight excluding hydrogens is 376 g/mol. The maximum Gasteiger partial charge on any atom is 0.380 e. The average Bonchev–Trinajstić information content (AvgIpc) is 2.95. The van der Waals surface area contributed by atoms with Crippen molar-refractivity contribution in [3.05, 3.63) is 35.0 Å². The van der Waals surface area contributed by atoms with E-state index in [4.69, 9.17) is 16.3 Å². The van der Waals surface area contributed by atoms with E-state index in [9.17, 15) is 18.0 Å². The molecule has 0 spiro atoms. The lowest BCUT2D eigenvalue weighted by Gasteiger charge is -2.08. The van der Waals surface area contributed by atoms with Gasteiger partial charge in [0, 0.05) is 11.4 Å². The molecule has 0 aliphatic rings. The van der Waals surface area contributed by atoms with Crippen LogP contribution < -0.4 is 9.46 Å². The van der Waals surface area contributed by atoms with E-state index in [0.29, 0.717) is 10.6 Å². The first-order chi connectivity index (χ1) is 11.2. The van der Waals surface area contributed by atoms with Crippen molar-refractivity contribution in [3.63, 3.8) is 0 Å². The fourth-order valence-corrected chi connectivity index (χ4v) is 4.10. The van der Waals surface area contributed by atoms with E-state index in [1.165, 1.54) is 19.1 Å². The molecule has 0 radical (unpaired) electrons. The van der Waals surface area contributed by atoms with Crippen molar-refractivity contribution in [2.45, 2.75) is 25.2 Å². The first-order valence-corrected chi connectivity index (χ1v) is 9.41. The van der Waals surface area contributed by atoms with Gasteiger partial charge in [0.1, 0.15) is 0 Å². The number of thiazole rings is 1. The summed E-state index contributed by atoms with van der Waals surface area (Å²) < 4.78 is 31.9. The summed E-state index contributed by atoms with van der Waals surface area (Å²) in [6.45, 7) is 3.12. The van der Waals surface area contributed by atoms with E-state index in [2.05, 4.69) is 9.71 Å². The Morgan fingerprint density at radius 2 is 2.08 bits per heavy atom. The highest BCUT2D eigenvalue weighted by atomic mass is 35.5. The Labute approximate surface area is 147 Å². The van der Waals surface area contributed by atoms with Crippen LogP contribution in [0.5, 0.6) is 5.06 Å². The van der Waals surface area contributed by atoms with Gasteiger partial charge in [0.05, 0.1) is 11.1 Å². The Balaban J connectivity index is 2.18. The number of carbonyl (C=O) groups excluding carboxylic acids is 2. The van der Waals surface area contributed by atoms with Gasteiger partial charge in [-0.05, 0) is 24.6 Å². The van der Waals surface area contributed by atoms with Crippen LogP contribution in [0.25, 0.3) is 0 Å². The van der Waals surface area contributed by atoms with Crippen LogP contribution in [0.2, 0.25) is 5.02 Å². The lowest BCUT2D eigenvalue weighted by atomic mass is 10.2. The standard InChI is InChI=1S/C14H13ClN2O5S2/c1-3-10(18)13(19)22-12-7-16-14(23-12)17-24(20,21)11-6-4-5-9(15)8(11)2/h4-7H,3H2,1-2H3,(H,16,17). The van der Waals surface area contributed by atoms with Gasteiger partial charge in [-0.15, -0.1) is 0 Å². The number of sulfonamides is 1. The Bertz CT molecular complexity index is 892. The molecular formula is C14H13ClN2O5S2. The van der Waals surface area contributed by atoms with Gasteiger partial charge in [-0.1, -0.05) is 35.9 Å². The van der Waals surface area contributed by atoms with E-state index in [0.717, 1.165) is 17.5 Å². The van der Waals surface area contributed by atoms with Crippen molar-refractivity contribution in [1.29, 1.82) is 0 Å². The number of hydrogen-bond donors (Lipinski definition) is 1. The van der Waals surface area contributed by atoms with Crippen molar-refractivity contribution in [3.8, 4) is 5.06 Å². The lowest BCUT2D eigenvalue weighted by Crippen LogP contribution is -2.18. The zero-order valence-electron chi connectivity index (χ0n) is 12.7. The third-order valence-corrected chi connectivity index (χ3v) is 5.77. The predicted molar refractivity (Wildman–Crippen MR) is 90.0 cm³/mol. The maximum absolute atomic E-state index is 12.4. The molecule has 10 heteroatoms. The smallest absolute Gasteiger partial charge is 0.380 e. The van der Waals surface area contributed by atoms with Crippen molar-refractivity contribution in [1.82, 2.24) is 4.98 Å². The first-order valence-electron chi connectivity index (χ1n) is 6.73. The number of nitrogens with zero attached hydrogens (tertiary/aromatic N) is 1. The van der Waals surface area contributed by atoms with Crippen LogP contribution in [0.3, 0.4) is 0 Å². The van der Waals surface area contributed by atoms with Crippen LogP contribution >= 0.6 is 22.9 Å². The third-order valence-electron chi connectivity index (χ3n) is 2.96. The van der Waals surface area contributed by atoms with Crippen LogP contribution in [0, 0.1) is 6.92 Å². The molecule has 128 valence electrons. The number of ketones is 1. The van der Waals surface area contributed by atoms with Gasteiger partial charge in [-0.3, -0.25) is 9.52 Å². The maximum atomic E-state index is 12.4. The molecule has 2 aromatic rings. The molecule has 0 bridgehead atoms. The second-order valence-corrected chi connectivity index (χ2v) is 7.67. The summed E-state index contributed by atoms with van der Waals surface area (Å²) in [4.78, 5) is 26.4. The molecule has 24 heavy (non-hydrogen) atoms. The van der Waals surface area contributed by atoms with E-state index < -0.39 is 21.8 Å². The molecule has 1 aromatic heterocycles. The minimum atomic E-state index is -3.90. The van der Waals surface area contributed by atoms with Gasteiger partial charge in [0.2, 0.25) is 10.8 Å². The fraction of sp³-hybridized carbons (Fsp3) is 0.214. The molecule has 0 saturated heterocycles. The third kappa shape index (κ3) is 4.11. The number of carbonyl (C=O) groups is 2. The van der Waals surface area contributed by atoms with Crippen molar-refractivity contribution in [2.24, 2.45) is 0 Å². The number of anilines is 1. The SMILES string of the molecule is CCC(=O)C(=O)Oc1cnc(NS(=O)(=O)c2cccc(Cl)c2C)s1. The Morgan fingerprint density at radius 1 is 1.38 bits per heavy atom. The summed E-state index contributed by atoms with van der Waals surface area (Å²) in [5.41, 5.74) is 0.406. The van der Waals surface area contributed by atoms with Crippen LogP contribution in [-0.4, -0.2) is 25.2 Å². The Morgan fingerprint density at radius 3 is 2.75 bits per heavy atom. The molecule has 0 saturated carbocycles. The molecule has 1 aromatic carbocycles. The minimum Gasteiger partial charge on any atom is -0.408 e. The monoisotopic (exact) mass is 388 g/mol. The van der Waals surface area contributed by atoms with Gasteiger partial charge in [0.15, 0.2) is 5.13 Å². The second-order valence-electron chi connectivity index (χ2n) is 4.62. The zero-order valence-corrected chi connectivity index (χ0v) is 15.1. The molecule has 1 heterocycles. The van der Waals surface area contributed by atoms with Gasteiger partial charge in [0.25, 0.3) is 10.0 Å². The molecule has 0 aliphatic heterocycles. The zero-order chi connectivity index (χ0) is 17.9. The van der Waals surface area contributed by atoms with Crippen molar-refractivity contribution < 1.29 is 22.7 Å². The molecule has 1 N–H and O–H groups in total. The number of halogens is 1. The van der Waals surface area contributed by atoms with E-state index >= 15 is 0 Å². The average molecular weight is 389 g/mol. The number of aromatic nitrogens is 1. The highest BCUT2D eigenvalue weighted by Gasteiger charge is 2.21. The Hall–Kier alpha value is -1.97. The fourth-order valence-electron chi connectivity index (χ4n) is 1.70. The second kappa shape index (κ2) is 7.29. The predicted octanol–water partition coefficient (Wildman–Crippen LogP) is 2.79. The molecule has 0 amide bonds.